The van der Waals surface area contributed by atoms with Crippen molar-refractivity contribution in [1.82, 2.24) is 0 Å². The van der Waals surface area contributed by atoms with Crippen LogP contribution in [-0.2, 0) is 6.54 Å². The zero-order valence-corrected chi connectivity index (χ0v) is 17.0. The Kier molecular flexibility index (Phi) is 4.44. The molecule has 0 bridgehead atoms. The highest BCUT2D eigenvalue weighted by Gasteiger charge is 2.10. The molecule has 0 aliphatic rings. The van der Waals surface area contributed by atoms with E-state index in [1.807, 2.05) is 0 Å². The average molecular weight is 376 g/mol. The molecular weight excluding hydrogens is 350 g/mol. The van der Waals surface area contributed by atoms with E-state index >= 15 is 0 Å². The van der Waals surface area contributed by atoms with Gasteiger partial charge in [0, 0.05) is 18.8 Å². The van der Waals surface area contributed by atoms with Gasteiger partial charge in [-0.25, -0.2) is 0 Å². The average Bonchev–Trinajstić information content (AvgIpc) is 2.78. The number of benzene rings is 5. The fraction of sp³-hybridized carbons (Fsp3) is 0.143. The van der Waals surface area contributed by atoms with Gasteiger partial charge in [0.05, 0.1) is 0 Å². The van der Waals surface area contributed by atoms with Crippen molar-refractivity contribution in [3.8, 4) is 0 Å². The van der Waals surface area contributed by atoms with Gasteiger partial charge in [-0.05, 0) is 69.9 Å². The molecule has 0 atom stereocenters. The van der Waals surface area contributed by atoms with Gasteiger partial charge in [0.2, 0.25) is 0 Å². The third kappa shape index (κ3) is 3.13. The SMILES string of the molecule is CCN(Cc1ccc2c3ccccc3c3ccccc3c2c1)c1ccc(C)cc1. The van der Waals surface area contributed by atoms with E-state index in [0.29, 0.717) is 0 Å². The number of fused-ring (bicyclic) bond motifs is 6. The van der Waals surface area contributed by atoms with Gasteiger partial charge in [0.15, 0.2) is 0 Å². The van der Waals surface area contributed by atoms with E-state index < -0.39 is 0 Å². The van der Waals surface area contributed by atoms with Crippen LogP contribution in [0.15, 0.2) is 91.0 Å². The number of hydrogen-bond acceptors (Lipinski definition) is 1. The summed E-state index contributed by atoms with van der Waals surface area (Å²) in [7, 11) is 0. The quantitative estimate of drug-likeness (QED) is 0.294. The second kappa shape index (κ2) is 7.25. The molecule has 1 heteroatoms. The number of anilines is 1. The predicted octanol–water partition coefficient (Wildman–Crippen LogP) is 7.48. The van der Waals surface area contributed by atoms with E-state index in [0.717, 1.165) is 13.1 Å². The van der Waals surface area contributed by atoms with Crippen LogP contribution in [0.5, 0.6) is 0 Å². The maximum absolute atomic E-state index is 2.43. The molecule has 0 N–H and O–H groups in total. The zero-order chi connectivity index (χ0) is 19.8. The van der Waals surface area contributed by atoms with Gasteiger partial charge in [-0.3, -0.25) is 0 Å². The van der Waals surface area contributed by atoms with E-state index in [4.69, 9.17) is 0 Å². The van der Waals surface area contributed by atoms with Gasteiger partial charge < -0.3 is 4.90 Å². The van der Waals surface area contributed by atoms with Crippen molar-refractivity contribution in [2.75, 3.05) is 11.4 Å². The number of aryl methyl sites for hydroxylation is 1. The Morgan fingerprint density at radius 1 is 0.586 bits per heavy atom. The molecule has 0 aromatic heterocycles. The molecule has 0 aliphatic heterocycles. The molecule has 5 aromatic carbocycles. The number of hydrogen-bond donors (Lipinski definition) is 0. The summed E-state index contributed by atoms with van der Waals surface area (Å²) in [4.78, 5) is 2.43. The first-order valence-electron chi connectivity index (χ1n) is 10.4. The molecule has 0 unspecified atom stereocenters. The molecule has 0 heterocycles. The molecule has 0 aliphatic carbocycles. The molecule has 0 spiro atoms. The molecule has 0 saturated carbocycles. The Balaban J connectivity index is 1.66. The summed E-state index contributed by atoms with van der Waals surface area (Å²) in [5.41, 5.74) is 3.93. The smallest absolute Gasteiger partial charge is 0.0429 e. The van der Waals surface area contributed by atoms with Gasteiger partial charge in [-0.1, -0.05) is 78.4 Å². The van der Waals surface area contributed by atoms with Gasteiger partial charge in [0.25, 0.3) is 0 Å². The highest BCUT2D eigenvalue weighted by atomic mass is 15.1. The van der Waals surface area contributed by atoms with Crippen LogP contribution in [0, 0.1) is 6.92 Å². The Hall–Kier alpha value is -3.32. The van der Waals surface area contributed by atoms with Crippen molar-refractivity contribution in [3.63, 3.8) is 0 Å². The molecule has 29 heavy (non-hydrogen) atoms. The highest BCUT2D eigenvalue weighted by Crippen LogP contribution is 2.35. The summed E-state index contributed by atoms with van der Waals surface area (Å²) in [6.45, 7) is 6.26. The predicted molar refractivity (Wildman–Crippen MR) is 127 cm³/mol. The molecule has 1 nitrogen and oxygen atoms in total. The fourth-order valence-corrected chi connectivity index (χ4v) is 4.41. The topological polar surface area (TPSA) is 3.24 Å². The maximum atomic E-state index is 2.43. The van der Waals surface area contributed by atoms with Crippen LogP contribution in [0.2, 0.25) is 0 Å². The molecule has 142 valence electrons. The molecule has 0 amide bonds. The standard InChI is InChI=1S/C28H25N/c1-3-29(22-15-12-20(2)13-16-22)19-21-14-17-27-25-10-5-4-8-23(25)24-9-6-7-11-26(24)28(27)18-21/h4-18H,3,19H2,1-2H3. The Labute approximate surface area is 172 Å². The third-order valence-electron chi connectivity index (χ3n) is 5.96. The summed E-state index contributed by atoms with van der Waals surface area (Å²) >= 11 is 0. The van der Waals surface area contributed by atoms with E-state index in [2.05, 4.69) is 110 Å². The molecule has 5 rings (SSSR count). The Morgan fingerprint density at radius 3 is 1.66 bits per heavy atom. The molecule has 0 radical (unpaired) electrons. The van der Waals surface area contributed by atoms with Crippen LogP contribution in [0.1, 0.15) is 18.1 Å². The van der Waals surface area contributed by atoms with E-state index in [1.54, 1.807) is 0 Å². The third-order valence-corrected chi connectivity index (χ3v) is 5.96. The molecular formula is C28H25N. The van der Waals surface area contributed by atoms with Crippen LogP contribution >= 0.6 is 0 Å². The van der Waals surface area contributed by atoms with Gasteiger partial charge >= 0.3 is 0 Å². The van der Waals surface area contributed by atoms with Crippen LogP contribution in [0.3, 0.4) is 0 Å². The van der Waals surface area contributed by atoms with Gasteiger partial charge in [-0.2, -0.15) is 0 Å². The van der Waals surface area contributed by atoms with Crippen molar-refractivity contribution < 1.29 is 0 Å². The van der Waals surface area contributed by atoms with Crippen LogP contribution in [0.4, 0.5) is 5.69 Å². The number of nitrogens with zero attached hydrogens (tertiary/aromatic N) is 1. The van der Waals surface area contributed by atoms with Gasteiger partial charge in [0.1, 0.15) is 0 Å². The lowest BCUT2D eigenvalue weighted by atomic mass is 9.93. The minimum Gasteiger partial charge on any atom is -0.367 e. The van der Waals surface area contributed by atoms with Crippen LogP contribution in [0.25, 0.3) is 32.3 Å². The number of rotatable bonds is 4. The molecule has 0 fully saturated rings. The first-order chi connectivity index (χ1) is 14.2. The minimum absolute atomic E-state index is 0.913. The summed E-state index contributed by atoms with van der Waals surface area (Å²) in [6.07, 6.45) is 0. The van der Waals surface area contributed by atoms with Crippen molar-refractivity contribution in [2.45, 2.75) is 20.4 Å². The first-order valence-corrected chi connectivity index (χ1v) is 10.4. The second-order valence-corrected chi connectivity index (χ2v) is 7.82. The lowest BCUT2D eigenvalue weighted by molar-refractivity contribution is 0.833. The minimum atomic E-state index is 0.913. The Bertz CT molecular complexity index is 1280. The van der Waals surface area contributed by atoms with Crippen molar-refractivity contribution in [1.29, 1.82) is 0 Å². The second-order valence-electron chi connectivity index (χ2n) is 7.82. The molecule has 0 saturated heterocycles. The fourth-order valence-electron chi connectivity index (χ4n) is 4.41. The lowest BCUT2D eigenvalue weighted by Crippen LogP contribution is -2.21. The van der Waals surface area contributed by atoms with E-state index in [-0.39, 0.29) is 0 Å². The van der Waals surface area contributed by atoms with E-state index in [1.165, 1.54) is 49.1 Å². The highest BCUT2D eigenvalue weighted by molar-refractivity contribution is 6.25. The van der Waals surface area contributed by atoms with Crippen molar-refractivity contribution >= 4 is 38.0 Å². The summed E-state index contributed by atoms with van der Waals surface area (Å²) in [5, 5.41) is 8.01. The summed E-state index contributed by atoms with van der Waals surface area (Å²) in [6, 6.07) is 33.4. The maximum Gasteiger partial charge on any atom is 0.0429 e. The van der Waals surface area contributed by atoms with Crippen molar-refractivity contribution in [2.24, 2.45) is 0 Å². The largest absolute Gasteiger partial charge is 0.367 e. The zero-order valence-electron chi connectivity index (χ0n) is 17.0. The molecule has 5 aromatic rings. The van der Waals surface area contributed by atoms with Gasteiger partial charge in [-0.15, -0.1) is 0 Å². The Morgan fingerprint density at radius 2 is 1.10 bits per heavy atom. The summed E-state index contributed by atoms with van der Waals surface area (Å²) < 4.78 is 0. The van der Waals surface area contributed by atoms with E-state index in [9.17, 15) is 0 Å². The normalized spacial score (nSPS) is 11.4. The monoisotopic (exact) mass is 375 g/mol. The van der Waals surface area contributed by atoms with Crippen LogP contribution in [-0.4, -0.2) is 6.54 Å². The summed E-state index contributed by atoms with van der Waals surface area (Å²) in [5.74, 6) is 0. The lowest BCUT2D eigenvalue weighted by Gasteiger charge is -2.24. The van der Waals surface area contributed by atoms with Crippen LogP contribution < -0.4 is 4.90 Å². The van der Waals surface area contributed by atoms with Crippen molar-refractivity contribution in [3.05, 3.63) is 102 Å². The first kappa shape index (κ1) is 17.8.